The fourth-order valence-corrected chi connectivity index (χ4v) is 0.385. The molecular weight excluding hydrogens is 163 g/mol. The van der Waals surface area contributed by atoms with Crippen LogP contribution in [0.1, 0.15) is 0 Å². The van der Waals surface area contributed by atoms with Gasteiger partial charge in [0.25, 0.3) is 5.91 Å². The molecule has 0 saturated carbocycles. The number of aliphatic hydroxyl groups is 1. The summed E-state index contributed by atoms with van der Waals surface area (Å²) in [6, 6.07) is 0. The van der Waals surface area contributed by atoms with Crippen molar-refractivity contribution in [1.82, 2.24) is 4.90 Å². The van der Waals surface area contributed by atoms with E-state index in [0.717, 1.165) is 14.1 Å². The molecule has 0 aliphatic heterocycles. The quantitative estimate of drug-likeness (QED) is 0.603. The first-order valence-corrected chi connectivity index (χ1v) is 2.72. The van der Waals surface area contributed by atoms with Crippen LogP contribution in [0.2, 0.25) is 0 Å². The smallest absolute Gasteiger partial charge is 0.376 e. The van der Waals surface area contributed by atoms with Crippen LogP contribution in [0, 0.1) is 0 Å². The van der Waals surface area contributed by atoms with E-state index in [1.807, 2.05) is 0 Å². The summed E-state index contributed by atoms with van der Waals surface area (Å²) in [4.78, 5) is 11.1. The molecule has 66 valence electrons. The third-order valence-corrected chi connectivity index (χ3v) is 0.985. The number of nitrogens with zero attached hydrogens (tertiary/aromatic N) is 1. The number of likely N-dealkylation sites (N-methyl/N-ethyl adjacent to an activating group) is 1. The van der Waals surface area contributed by atoms with E-state index in [1.165, 1.54) is 0 Å². The molecule has 0 aromatic rings. The monoisotopic (exact) mass is 171 g/mol. The number of amides is 1. The molecule has 0 saturated heterocycles. The minimum absolute atomic E-state index is 0.679. The van der Waals surface area contributed by atoms with Gasteiger partial charge in [0.15, 0.2) is 0 Å². The van der Waals surface area contributed by atoms with Crippen LogP contribution in [0.25, 0.3) is 0 Å². The van der Waals surface area contributed by atoms with Gasteiger partial charge in [-0.15, -0.1) is 0 Å². The lowest BCUT2D eigenvalue weighted by atomic mass is 10.3. The van der Waals surface area contributed by atoms with Crippen molar-refractivity contribution in [2.75, 3.05) is 14.1 Å². The Bertz CT molecular complexity index is 154. The molecule has 6 heteroatoms. The van der Waals surface area contributed by atoms with Crippen molar-refractivity contribution in [1.29, 1.82) is 0 Å². The number of alkyl halides is 3. The minimum atomic E-state index is -4.87. The van der Waals surface area contributed by atoms with Gasteiger partial charge in [-0.05, 0) is 0 Å². The fourth-order valence-electron chi connectivity index (χ4n) is 0.385. The minimum Gasteiger partial charge on any atom is -0.376 e. The van der Waals surface area contributed by atoms with Crippen LogP contribution in [0.4, 0.5) is 13.2 Å². The highest BCUT2D eigenvalue weighted by molar-refractivity contribution is 5.80. The lowest BCUT2D eigenvalue weighted by Gasteiger charge is -2.17. The molecule has 0 fully saturated rings. The van der Waals surface area contributed by atoms with E-state index in [2.05, 4.69) is 0 Å². The van der Waals surface area contributed by atoms with Crippen LogP contribution in [0.15, 0.2) is 0 Å². The van der Waals surface area contributed by atoms with E-state index >= 15 is 0 Å². The predicted molar refractivity (Wildman–Crippen MR) is 30.8 cm³/mol. The lowest BCUT2D eigenvalue weighted by Crippen LogP contribution is -2.43. The van der Waals surface area contributed by atoms with E-state index in [-0.39, 0.29) is 0 Å². The summed E-state index contributed by atoms with van der Waals surface area (Å²) >= 11 is 0. The summed E-state index contributed by atoms with van der Waals surface area (Å²) in [6.45, 7) is 0. The van der Waals surface area contributed by atoms with Gasteiger partial charge in [-0.3, -0.25) is 4.79 Å². The first-order valence-electron chi connectivity index (χ1n) is 2.72. The zero-order valence-electron chi connectivity index (χ0n) is 6.01. The summed E-state index contributed by atoms with van der Waals surface area (Å²) < 4.78 is 34.7. The summed E-state index contributed by atoms with van der Waals surface area (Å²) in [7, 11) is 2.27. The van der Waals surface area contributed by atoms with Gasteiger partial charge < -0.3 is 10.0 Å². The van der Waals surface area contributed by atoms with Crippen LogP contribution in [-0.2, 0) is 4.79 Å². The van der Waals surface area contributed by atoms with Gasteiger partial charge in [-0.2, -0.15) is 13.2 Å². The molecule has 0 spiro atoms. The van der Waals surface area contributed by atoms with Gasteiger partial charge in [0.1, 0.15) is 0 Å². The maximum absolute atomic E-state index is 11.6. The van der Waals surface area contributed by atoms with Crippen LogP contribution in [0.5, 0.6) is 0 Å². The second-order valence-corrected chi connectivity index (χ2v) is 2.18. The van der Waals surface area contributed by atoms with Gasteiger partial charge in [0.05, 0.1) is 0 Å². The van der Waals surface area contributed by atoms with E-state index < -0.39 is 18.2 Å². The Kier molecular flexibility index (Phi) is 2.86. The number of hydrogen-bond acceptors (Lipinski definition) is 2. The highest BCUT2D eigenvalue weighted by Gasteiger charge is 2.44. The van der Waals surface area contributed by atoms with Crippen LogP contribution >= 0.6 is 0 Å². The maximum atomic E-state index is 11.6. The first-order chi connectivity index (χ1) is 4.76. The molecule has 11 heavy (non-hydrogen) atoms. The molecule has 0 bridgehead atoms. The number of rotatable bonds is 1. The van der Waals surface area contributed by atoms with Gasteiger partial charge in [0, 0.05) is 14.1 Å². The Morgan fingerprint density at radius 3 is 1.91 bits per heavy atom. The highest BCUT2D eigenvalue weighted by atomic mass is 19.4. The van der Waals surface area contributed by atoms with Crippen LogP contribution in [-0.4, -0.2) is 42.3 Å². The van der Waals surface area contributed by atoms with Crippen molar-refractivity contribution >= 4 is 5.91 Å². The molecule has 0 aromatic carbocycles. The summed E-state index contributed by atoms with van der Waals surface area (Å²) in [5.74, 6) is -1.36. The molecule has 1 atom stereocenters. The highest BCUT2D eigenvalue weighted by Crippen LogP contribution is 2.20. The molecule has 1 N–H and O–H groups in total. The van der Waals surface area contributed by atoms with Crippen LogP contribution < -0.4 is 0 Å². The summed E-state index contributed by atoms with van der Waals surface area (Å²) in [6.07, 6.45) is -7.78. The SMILES string of the molecule is CN(C)C(=O)C(O)C(F)(F)F. The van der Waals surface area contributed by atoms with Crippen molar-refractivity contribution in [3.05, 3.63) is 0 Å². The number of aliphatic hydroxyl groups excluding tert-OH is 1. The Balaban J connectivity index is 4.26. The van der Waals surface area contributed by atoms with E-state index in [0.29, 0.717) is 4.90 Å². The van der Waals surface area contributed by atoms with Crippen molar-refractivity contribution < 1.29 is 23.1 Å². The van der Waals surface area contributed by atoms with Gasteiger partial charge >= 0.3 is 6.18 Å². The van der Waals surface area contributed by atoms with Crippen molar-refractivity contribution in [3.8, 4) is 0 Å². The molecule has 0 aliphatic carbocycles. The zero-order chi connectivity index (χ0) is 9.23. The third-order valence-electron chi connectivity index (χ3n) is 0.985. The summed E-state index contributed by atoms with van der Waals surface area (Å²) in [5, 5.41) is 8.31. The Hall–Kier alpha value is -0.780. The second kappa shape index (κ2) is 3.08. The van der Waals surface area contributed by atoms with Crippen molar-refractivity contribution in [3.63, 3.8) is 0 Å². The molecule has 0 heterocycles. The number of hydrogen-bond donors (Lipinski definition) is 1. The largest absolute Gasteiger partial charge is 0.423 e. The van der Waals surface area contributed by atoms with Gasteiger partial charge in [0.2, 0.25) is 6.10 Å². The average Bonchev–Trinajstić information content (AvgIpc) is 1.82. The number of halogens is 3. The molecule has 0 rings (SSSR count). The molecule has 1 unspecified atom stereocenters. The fraction of sp³-hybridized carbons (Fsp3) is 0.800. The third kappa shape index (κ3) is 2.75. The molecule has 0 aromatic heterocycles. The average molecular weight is 171 g/mol. The normalized spacial score (nSPS) is 14.4. The topological polar surface area (TPSA) is 40.5 Å². The van der Waals surface area contributed by atoms with E-state index in [1.54, 1.807) is 0 Å². The molecule has 0 radical (unpaired) electrons. The standard InChI is InChI=1S/C5H8F3NO2/c1-9(2)4(11)3(10)5(6,7)8/h3,10H,1-2H3. The number of carbonyl (C=O) groups excluding carboxylic acids is 1. The summed E-state index contributed by atoms with van der Waals surface area (Å²) in [5.41, 5.74) is 0. The van der Waals surface area contributed by atoms with Gasteiger partial charge in [-0.1, -0.05) is 0 Å². The molecular formula is C5H8F3NO2. The van der Waals surface area contributed by atoms with Gasteiger partial charge in [-0.25, -0.2) is 0 Å². The predicted octanol–water partition coefficient (Wildman–Crippen LogP) is -0.00220. The van der Waals surface area contributed by atoms with Crippen LogP contribution in [0.3, 0.4) is 0 Å². The Labute approximate surface area is 61.4 Å². The van der Waals surface area contributed by atoms with Crippen molar-refractivity contribution in [2.45, 2.75) is 12.3 Å². The van der Waals surface area contributed by atoms with E-state index in [4.69, 9.17) is 5.11 Å². The molecule has 3 nitrogen and oxygen atoms in total. The Morgan fingerprint density at radius 2 is 1.82 bits per heavy atom. The first kappa shape index (κ1) is 10.2. The zero-order valence-corrected chi connectivity index (χ0v) is 6.01. The van der Waals surface area contributed by atoms with E-state index in [9.17, 15) is 18.0 Å². The molecule has 0 aliphatic rings. The Morgan fingerprint density at radius 1 is 1.45 bits per heavy atom. The number of carbonyl (C=O) groups is 1. The molecule has 1 amide bonds. The van der Waals surface area contributed by atoms with Crippen molar-refractivity contribution in [2.24, 2.45) is 0 Å². The second-order valence-electron chi connectivity index (χ2n) is 2.18. The lowest BCUT2D eigenvalue weighted by molar-refractivity contribution is -0.209. The maximum Gasteiger partial charge on any atom is 0.423 e.